The van der Waals surface area contributed by atoms with E-state index in [1.807, 2.05) is 0 Å². The van der Waals surface area contributed by atoms with Crippen LogP contribution in [0.25, 0.3) is 0 Å². The van der Waals surface area contributed by atoms with Crippen LogP contribution in [-0.4, -0.2) is 60.9 Å². The van der Waals surface area contributed by atoms with Gasteiger partial charge in [0.15, 0.2) is 5.96 Å². The molecule has 0 aliphatic carbocycles. The third kappa shape index (κ3) is 9.50. The van der Waals surface area contributed by atoms with Crippen LogP contribution in [0.1, 0.15) is 18.4 Å². The number of hydrogen-bond donors (Lipinski definition) is 3. The van der Waals surface area contributed by atoms with Crippen LogP contribution in [0.2, 0.25) is 0 Å². The molecule has 0 bridgehead atoms. The summed E-state index contributed by atoms with van der Waals surface area (Å²) in [7, 11) is -1.91. The number of nitrogens with one attached hydrogen (secondary N) is 2. The Morgan fingerprint density at radius 1 is 1.29 bits per heavy atom. The number of hydrogen-bond acceptors (Lipinski definition) is 5. The van der Waals surface area contributed by atoms with E-state index in [4.69, 9.17) is 14.6 Å². The fourth-order valence-electron chi connectivity index (χ4n) is 2.74. The molecule has 1 saturated heterocycles. The van der Waals surface area contributed by atoms with Crippen molar-refractivity contribution in [2.75, 3.05) is 46.6 Å². The summed E-state index contributed by atoms with van der Waals surface area (Å²) in [6.07, 6.45) is 2.75. The second-order valence-corrected chi connectivity index (χ2v) is 8.08. The van der Waals surface area contributed by atoms with Gasteiger partial charge in [-0.2, -0.15) is 0 Å². The third-order valence-electron chi connectivity index (χ3n) is 4.32. The average Bonchev–Trinajstić information content (AvgIpc) is 3.16. The monoisotopic (exact) mass is 526 g/mol. The van der Waals surface area contributed by atoms with E-state index in [9.17, 15) is 8.42 Å². The van der Waals surface area contributed by atoms with E-state index >= 15 is 0 Å². The number of primary sulfonamides is 1. The highest BCUT2D eigenvalue weighted by atomic mass is 127. The number of ether oxygens (including phenoxy) is 2. The number of aliphatic imine (C=N–C) groups is 1. The topological polar surface area (TPSA) is 115 Å². The zero-order chi connectivity index (χ0) is 19.5. The van der Waals surface area contributed by atoms with Crippen LogP contribution in [0.3, 0.4) is 0 Å². The van der Waals surface area contributed by atoms with Crippen molar-refractivity contribution >= 4 is 40.0 Å². The molecule has 1 atom stereocenters. The number of nitrogens with zero attached hydrogens (tertiary/aromatic N) is 1. The number of benzene rings is 1. The van der Waals surface area contributed by atoms with Gasteiger partial charge in [-0.1, -0.05) is 12.1 Å². The number of nitrogens with two attached hydrogens (primary N) is 1. The molecule has 160 valence electrons. The predicted molar refractivity (Wildman–Crippen MR) is 121 cm³/mol. The number of guanidine groups is 1. The van der Waals surface area contributed by atoms with Gasteiger partial charge in [-0.25, -0.2) is 13.6 Å². The van der Waals surface area contributed by atoms with Crippen LogP contribution in [0.4, 0.5) is 0 Å². The van der Waals surface area contributed by atoms with Gasteiger partial charge in [0, 0.05) is 39.3 Å². The zero-order valence-corrected chi connectivity index (χ0v) is 19.4. The van der Waals surface area contributed by atoms with Crippen molar-refractivity contribution < 1.29 is 17.9 Å². The molecule has 4 N–H and O–H groups in total. The summed E-state index contributed by atoms with van der Waals surface area (Å²) in [5.41, 5.74) is 1.02. The van der Waals surface area contributed by atoms with E-state index in [1.54, 1.807) is 19.2 Å². The fraction of sp³-hybridized carbons (Fsp3) is 0.611. The van der Waals surface area contributed by atoms with Crippen LogP contribution in [-0.2, 0) is 25.9 Å². The fourth-order valence-corrected chi connectivity index (χ4v) is 3.25. The van der Waals surface area contributed by atoms with Crippen molar-refractivity contribution in [2.45, 2.75) is 24.2 Å². The minimum absolute atomic E-state index is 0. The first kappa shape index (κ1) is 25.1. The van der Waals surface area contributed by atoms with Crippen molar-refractivity contribution in [1.29, 1.82) is 0 Å². The van der Waals surface area contributed by atoms with E-state index in [1.165, 1.54) is 12.1 Å². The largest absolute Gasteiger partial charge is 0.381 e. The third-order valence-corrected chi connectivity index (χ3v) is 5.25. The normalized spacial score (nSPS) is 17.2. The summed E-state index contributed by atoms with van der Waals surface area (Å²) in [4.78, 5) is 4.31. The molecule has 0 radical (unpaired) electrons. The molecule has 28 heavy (non-hydrogen) atoms. The van der Waals surface area contributed by atoms with Crippen molar-refractivity contribution in [2.24, 2.45) is 16.0 Å². The molecule has 10 heteroatoms. The Morgan fingerprint density at radius 3 is 2.61 bits per heavy atom. The van der Waals surface area contributed by atoms with Gasteiger partial charge >= 0.3 is 0 Å². The van der Waals surface area contributed by atoms with E-state index in [0.29, 0.717) is 12.5 Å². The quantitative estimate of drug-likeness (QED) is 0.182. The number of halogens is 1. The Bertz CT molecular complexity index is 692. The maximum Gasteiger partial charge on any atom is 0.238 e. The Morgan fingerprint density at radius 2 is 2.00 bits per heavy atom. The lowest BCUT2D eigenvalue weighted by Gasteiger charge is -2.13. The SMILES string of the molecule is CN=C(NCCCOCC1CCOC1)NCCc1ccc(S(N)(=O)=O)cc1.I. The lowest BCUT2D eigenvalue weighted by Crippen LogP contribution is -2.39. The van der Waals surface area contributed by atoms with Gasteiger partial charge in [0.2, 0.25) is 10.0 Å². The lowest BCUT2D eigenvalue weighted by atomic mass is 10.1. The molecule has 1 aliphatic heterocycles. The molecular formula is C18H31IN4O4S. The van der Waals surface area contributed by atoms with E-state index in [2.05, 4.69) is 15.6 Å². The Hall–Kier alpha value is -0.950. The predicted octanol–water partition coefficient (Wildman–Crippen LogP) is 1.10. The van der Waals surface area contributed by atoms with Gasteiger partial charge in [0.25, 0.3) is 0 Å². The summed E-state index contributed by atoms with van der Waals surface area (Å²) in [5.74, 6) is 1.28. The first-order valence-electron chi connectivity index (χ1n) is 9.21. The Balaban J connectivity index is 0.00000392. The van der Waals surface area contributed by atoms with E-state index in [0.717, 1.165) is 63.8 Å². The molecular weight excluding hydrogens is 495 g/mol. The summed E-state index contributed by atoms with van der Waals surface area (Å²) >= 11 is 0. The maximum atomic E-state index is 11.2. The Labute approximate surface area is 184 Å². The summed E-state index contributed by atoms with van der Waals surface area (Å²) in [5, 5.41) is 11.6. The maximum absolute atomic E-state index is 11.2. The molecule has 8 nitrogen and oxygen atoms in total. The smallest absolute Gasteiger partial charge is 0.238 e. The molecule has 1 unspecified atom stereocenters. The van der Waals surface area contributed by atoms with Crippen molar-refractivity contribution in [3.05, 3.63) is 29.8 Å². The summed E-state index contributed by atoms with van der Waals surface area (Å²) in [6.45, 7) is 4.64. The highest BCUT2D eigenvalue weighted by Gasteiger charge is 2.15. The van der Waals surface area contributed by atoms with E-state index in [-0.39, 0.29) is 28.9 Å². The molecule has 0 saturated carbocycles. The highest BCUT2D eigenvalue weighted by Crippen LogP contribution is 2.12. The number of rotatable bonds is 10. The average molecular weight is 526 g/mol. The van der Waals surface area contributed by atoms with Crippen molar-refractivity contribution in [3.63, 3.8) is 0 Å². The summed E-state index contributed by atoms with van der Waals surface area (Å²) in [6, 6.07) is 6.58. The first-order chi connectivity index (χ1) is 13.0. The Kier molecular flexibility index (Phi) is 11.9. The van der Waals surface area contributed by atoms with Crippen LogP contribution in [0.5, 0.6) is 0 Å². The molecule has 1 aromatic rings. The molecule has 1 aliphatic rings. The van der Waals surface area contributed by atoms with Crippen molar-refractivity contribution in [3.8, 4) is 0 Å². The molecule has 0 amide bonds. The lowest BCUT2D eigenvalue weighted by molar-refractivity contribution is 0.0888. The van der Waals surface area contributed by atoms with Crippen LogP contribution < -0.4 is 15.8 Å². The second-order valence-electron chi connectivity index (χ2n) is 6.52. The zero-order valence-electron chi connectivity index (χ0n) is 16.2. The van der Waals surface area contributed by atoms with Gasteiger partial charge in [-0.3, -0.25) is 4.99 Å². The standard InChI is InChI=1S/C18H30N4O4S.HI/c1-20-18(21-9-2-11-25-13-16-8-12-26-14-16)22-10-7-15-3-5-17(6-4-15)27(19,23)24;/h3-6,16H,2,7-14H2,1H3,(H2,19,23,24)(H2,20,21,22);1H. The van der Waals surface area contributed by atoms with Crippen LogP contribution in [0.15, 0.2) is 34.2 Å². The molecule has 1 fully saturated rings. The van der Waals surface area contributed by atoms with Crippen molar-refractivity contribution in [1.82, 2.24) is 10.6 Å². The highest BCUT2D eigenvalue weighted by molar-refractivity contribution is 14.0. The van der Waals surface area contributed by atoms with Gasteiger partial charge in [-0.15, -0.1) is 24.0 Å². The minimum Gasteiger partial charge on any atom is -0.381 e. The molecule has 1 heterocycles. The van der Waals surface area contributed by atoms with Crippen LogP contribution >= 0.6 is 24.0 Å². The van der Waals surface area contributed by atoms with Gasteiger partial charge in [-0.05, 0) is 37.0 Å². The van der Waals surface area contributed by atoms with Crippen LogP contribution in [0, 0.1) is 5.92 Å². The summed E-state index contributed by atoms with van der Waals surface area (Å²) < 4.78 is 33.5. The van der Waals surface area contributed by atoms with Gasteiger partial charge < -0.3 is 20.1 Å². The second kappa shape index (κ2) is 13.3. The number of sulfonamides is 1. The van der Waals surface area contributed by atoms with Gasteiger partial charge in [0.05, 0.1) is 18.1 Å². The molecule has 0 aromatic heterocycles. The molecule has 1 aromatic carbocycles. The first-order valence-corrected chi connectivity index (χ1v) is 10.8. The molecule has 2 rings (SSSR count). The minimum atomic E-state index is -3.64. The molecule has 0 spiro atoms. The van der Waals surface area contributed by atoms with E-state index < -0.39 is 10.0 Å². The van der Waals surface area contributed by atoms with Gasteiger partial charge in [0.1, 0.15) is 0 Å².